The van der Waals surface area contributed by atoms with Crippen LogP contribution in [-0.2, 0) is 0 Å². The van der Waals surface area contributed by atoms with Crippen LogP contribution in [0.1, 0.15) is 65.2 Å². The van der Waals surface area contributed by atoms with E-state index in [1.54, 1.807) is 5.57 Å². The smallest absolute Gasteiger partial charge is 0.0596 e. The molecule has 2 N–H and O–H groups in total. The predicted octanol–water partition coefficient (Wildman–Crippen LogP) is 3.67. The fourth-order valence-corrected chi connectivity index (χ4v) is 6.61. The van der Waals surface area contributed by atoms with Gasteiger partial charge in [-0.05, 0) is 80.0 Å². The molecule has 2 heteroatoms. The molecule has 2 nitrogen and oxygen atoms in total. The predicted molar refractivity (Wildman–Crippen MR) is 83.7 cm³/mol. The maximum absolute atomic E-state index is 10.5. The van der Waals surface area contributed by atoms with Gasteiger partial charge in [0.25, 0.3) is 0 Å². The van der Waals surface area contributed by atoms with Gasteiger partial charge in [-0.3, -0.25) is 0 Å². The summed E-state index contributed by atoms with van der Waals surface area (Å²) in [6.45, 7) is 4.81. The van der Waals surface area contributed by atoms with E-state index in [4.69, 9.17) is 0 Å². The molecule has 0 aliphatic heterocycles. The Morgan fingerprint density at radius 3 is 2.62 bits per heavy atom. The SMILES string of the molecule is C[C@@]12CC[C@@H]3[C@H](CC=C4C[C@H](O)CC[C@]43C)[C@H]1CC[C@H]2O. The topological polar surface area (TPSA) is 40.5 Å². The van der Waals surface area contributed by atoms with Crippen LogP contribution >= 0.6 is 0 Å². The Morgan fingerprint density at radius 1 is 1.00 bits per heavy atom. The molecule has 0 aromatic carbocycles. The molecular weight excluding hydrogens is 260 g/mol. The fourth-order valence-electron chi connectivity index (χ4n) is 6.61. The Bertz CT molecular complexity index is 470. The highest BCUT2D eigenvalue weighted by Crippen LogP contribution is 2.64. The van der Waals surface area contributed by atoms with Crippen LogP contribution in [0.2, 0.25) is 0 Å². The summed E-state index contributed by atoms with van der Waals surface area (Å²) >= 11 is 0. The Morgan fingerprint density at radius 2 is 1.81 bits per heavy atom. The molecule has 4 rings (SSSR count). The number of hydrogen-bond acceptors (Lipinski definition) is 2. The second-order valence-corrected chi connectivity index (χ2v) is 8.79. The summed E-state index contributed by atoms with van der Waals surface area (Å²) in [7, 11) is 0. The molecule has 0 radical (unpaired) electrons. The van der Waals surface area contributed by atoms with E-state index >= 15 is 0 Å². The molecule has 4 aliphatic rings. The molecule has 3 fully saturated rings. The van der Waals surface area contributed by atoms with Crippen molar-refractivity contribution in [3.63, 3.8) is 0 Å². The van der Waals surface area contributed by atoms with Crippen molar-refractivity contribution in [3.8, 4) is 0 Å². The van der Waals surface area contributed by atoms with Crippen molar-refractivity contribution in [1.82, 2.24) is 0 Å². The van der Waals surface area contributed by atoms with Crippen LogP contribution in [0.4, 0.5) is 0 Å². The summed E-state index contributed by atoms with van der Waals surface area (Å²) in [4.78, 5) is 0. The molecule has 3 saturated carbocycles. The van der Waals surface area contributed by atoms with E-state index in [1.807, 2.05) is 0 Å². The second kappa shape index (κ2) is 4.58. The highest BCUT2D eigenvalue weighted by Gasteiger charge is 2.58. The van der Waals surface area contributed by atoms with Crippen LogP contribution in [0.3, 0.4) is 0 Å². The molecule has 0 aromatic rings. The van der Waals surface area contributed by atoms with Gasteiger partial charge < -0.3 is 10.2 Å². The monoisotopic (exact) mass is 290 g/mol. The summed E-state index contributed by atoms with van der Waals surface area (Å²) < 4.78 is 0. The van der Waals surface area contributed by atoms with Gasteiger partial charge in [0.15, 0.2) is 0 Å². The first-order valence-electron chi connectivity index (χ1n) is 9.01. The minimum absolute atomic E-state index is 0.0742. The van der Waals surface area contributed by atoms with E-state index in [2.05, 4.69) is 19.9 Å². The molecule has 0 unspecified atom stereocenters. The Labute approximate surface area is 128 Å². The summed E-state index contributed by atoms with van der Waals surface area (Å²) in [5.41, 5.74) is 2.05. The van der Waals surface area contributed by atoms with E-state index in [0.717, 1.165) is 37.5 Å². The summed E-state index contributed by atoms with van der Waals surface area (Å²) in [5.74, 6) is 2.27. The number of fused-ring (bicyclic) bond motifs is 5. The average Bonchev–Trinajstić information content (AvgIpc) is 2.76. The Kier molecular flexibility index (Phi) is 3.11. The van der Waals surface area contributed by atoms with Crippen molar-refractivity contribution in [2.24, 2.45) is 28.6 Å². The highest BCUT2D eigenvalue weighted by molar-refractivity contribution is 5.25. The van der Waals surface area contributed by atoms with Gasteiger partial charge in [0.05, 0.1) is 12.2 Å². The lowest BCUT2D eigenvalue weighted by Gasteiger charge is -2.57. The van der Waals surface area contributed by atoms with Gasteiger partial charge in [-0.25, -0.2) is 0 Å². The first kappa shape index (κ1) is 14.3. The van der Waals surface area contributed by atoms with Crippen molar-refractivity contribution < 1.29 is 10.2 Å². The van der Waals surface area contributed by atoms with Crippen molar-refractivity contribution in [3.05, 3.63) is 11.6 Å². The van der Waals surface area contributed by atoms with Crippen LogP contribution in [0.5, 0.6) is 0 Å². The molecule has 0 amide bonds. The molecular formula is C19H30O2. The van der Waals surface area contributed by atoms with Crippen molar-refractivity contribution in [2.75, 3.05) is 0 Å². The fraction of sp³-hybridized carbons (Fsp3) is 0.895. The number of allylic oxidation sites excluding steroid dienone is 1. The lowest BCUT2D eigenvalue weighted by molar-refractivity contribution is -0.0711. The van der Waals surface area contributed by atoms with E-state index in [9.17, 15) is 10.2 Å². The maximum atomic E-state index is 10.5. The third-order valence-corrected chi connectivity index (χ3v) is 8.03. The van der Waals surface area contributed by atoms with E-state index < -0.39 is 0 Å². The van der Waals surface area contributed by atoms with Gasteiger partial charge in [-0.15, -0.1) is 0 Å². The van der Waals surface area contributed by atoms with E-state index in [0.29, 0.717) is 11.3 Å². The number of hydrogen-bond donors (Lipinski definition) is 2. The van der Waals surface area contributed by atoms with Gasteiger partial charge in [0, 0.05) is 0 Å². The highest BCUT2D eigenvalue weighted by atomic mass is 16.3. The average molecular weight is 290 g/mol. The molecule has 21 heavy (non-hydrogen) atoms. The lowest BCUT2D eigenvalue weighted by Crippen LogP contribution is -2.51. The largest absolute Gasteiger partial charge is 0.393 e. The quantitative estimate of drug-likeness (QED) is 0.668. The molecule has 0 bridgehead atoms. The first-order chi connectivity index (χ1) is 9.95. The molecule has 0 aromatic heterocycles. The maximum Gasteiger partial charge on any atom is 0.0596 e. The zero-order valence-corrected chi connectivity index (χ0v) is 13.5. The van der Waals surface area contributed by atoms with Crippen LogP contribution in [0.25, 0.3) is 0 Å². The van der Waals surface area contributed by atoms with Gasteiger partial charge in [-0.2, -0.15) is 0 Å². The van der Waals surface area contributed by atoms with Gasteiger partial charge in [0.1, 0.15) is 0 Å². The minimum Gasteiger partial charge on any atom is -0.393 e. The van der Waals surface area contributed by atoms with Crippen molar-refractivity contribution in [2.45, 2.75) is 77.4 Å². The molecule has 0 heterocycles. The number of rotatable bonds is 0. The van der Waals surface area contributed by atoms with Crippen LogP contribution in [0, 0.1) is 28.6 Å². The molecule has 0 spiro atoms. The molecule has 7 atom stereocenters. The Balaban J connectivity index is 1.68. The Hall–Kier alpha value is -0.340. The van der Waals surface area contributed by atoms with Crippen molar-refractivity contribution >= 4 is 0 Å². The number of aliphatic hydroxyl groups excluding tert-OH is 2. The zero-order chi connectivity index (χ0) is 14.8. The molecule has 118 valence electrons. The van der Waals surface area contributed by atoms with Gasteiger partial charge >= 0.3 is 0 Å². The van der Waals surface area contributed by atoms with E-state index in [-0.39, 0.29) is 17.6 Å². The summed E-state index contributed by atoms with van der Waals surface area (Å²) in [5, 5.41) is 20.5. The van der Waals surface area contributed by atoms with Gasteiger partial charge in [-0.1, -0.05) is 25.5 Å². The normalized spacial score (nSPS) is 56.2. The zero-order valence-electron chi connectivity index (χ0n) is 13.5. The third kappa shape index (κ3) is 1.84. The molecule has 0 saturated heterocycles. The van der Waals surface area contributed by atoms with Gasteiger partial charge in [0.2, 0.25) is 0 Å². The van der Waals surface area contributed by atoms with Crippen LogP contribution in [-0.4, -0.2) is 22.4 Å². The van der Waals surface area contributed by atoms with Crippen LogP contribution < -0.4 is 0 Å². The molecule has 4 aliphatic carbocycles. The summed E-state index contributed by atoms with van der Waals surface area (Å²) in [6, 6.07) is 0. The van der Waals surface area contributed by atoms with E-state index in [1.165, 1.54) is 25.7 Å². The second-order valence-electron chi connectivity index (χ2n) is 8.79. The van der Waals surface area contributed by atoms with Crippen LogP contribution in [0.15, 0.2) is 11.6 Å². The summed E-state index contributed by atoms with van der Waals surface area (Å²) in [6.07, 6.45) is 11.2. The third-order valence-electron chi connectivity index (χ3n) is 8.03. The number of aliphatic hydroxyl groups is 2. The first-order valence-corrected chi connectivity index (χ1v) is 9.01. The van der Waals surface area contributed by atoms with Crippen molar-refractivity contribution in [1.29, 1.82) is 0 Å². The minimum atomic E-state index is -0.108. The standard InChI is InChI=1S/C19H30O2/c1-18-9-7-13(20)11-12(18)3-4-14-15-5-6-17(21)19(15,2)10-8-16(14)18/h3,13-17,20-21H,4-11H2,1-2H3/t13-,14-,15-,16-,17-,18-,19-/m1/s1. The lowest BCUT2D eigenvalue weighted by atomic mass is 9.48.